The third-order valence-corrected chi connectivity index (χ3v) is 4.74. The van der Waals surface area contributed by atoms with Crippen molar-refractivity contribution in [2.24, 2.45) is 10.4 Å². The first-order valence-electron chi connectivity index (χ1n) is 9.30. The molecule has 0 bridgehead atoms. The van der Waals surface area contributed by atoms with Crippen LogP contribution < -0.4 is 15.4 Å². The standard InChI is InChI=1S/C19H32N4O2.HI/c1-4-20-18(23-15-19(8-6-9-19)10-12-24-3)22-14-16-7-11-21-17(13-16)25-5-2;/h7,11,13H,4-6,8-10,12,14-15H2,1-3H3,(H2,20,22,23);1H. The van der Waals surface area contributed by atoms with Gasteiger partial charge >= 0.3 is 0 Å². The Morgan fingerprint density at radius 3 is 2.73 bits per heavy atom. The Morgan fingerprint density at radius 1 is 1.31 bits per heavy atom. The fourth-order valence-corrected chi connectivity index (χ4v) is 3.07. The summed E-state index contributed by atoms with van der Waals surface area (Å²) in [5, 5.41) is 6.85. The molecule has 0 saturated heterocycles. The SMILES string of the molecule is CCNC(=NCc1ccnc(OCC)c1)NCC1(CCOC)CCC1.I. The van der Waals surface area contributed by atoms with E-state index in [4.69, 9.17) is 14.5 Å². The molecular weight excluding hydrogens is 443 g/mol. The van der Waals surface area contributed by atoms with Gasteiger partial charge in [0.25, 0.3) is 0 Å². The second kappa shape index (κ2) is 12.3. The number of halogens is 1. The normalized spacial score (nSPS) is 15.6. The van der Waals surface area contributed by atoms with E-state index in [1.807, 2.05) is 19.1 Å². The molecule has 148 valence electrons. The van der Waals surface area contributed by atoms with E-state index in [0.29, 0.717) is 24.4 Å². The minimum absolute atomic E-state index is 0. The third kappa shape index (κ3) is 7.26. The zero-order chi connectivity index (χ0) is 18.0. The number of nitrogens with one attached hydrogen (secondary N) is 2. The smallest absolute Gasteiger partial charge is 0.213 e. The van der Waals surface area contributed by atoms with Gasteiger partial charge in [-0.3, -0.25) is 0 Å². The molecule has 1 aromatic rings. The predicted octanol–water partition coefficient (Wildman–Crippen LogP) is 3.36. The molecular formula is C19H33IN4O2. The van der Waals surface area contributed by atoms with Crippen molar-refractivity contribution in [2.45, 2.75) is 46.1 Å². The lowest BCUT2D eigenvalue weighted by atomic mass is 9.67. The van der Waals surface area contributed by atoms with Crippen molar-refractivity contribution in [1.29, 1.82) is 0 Å². The van der Waals surface area contributed by atoms with Crippen LogP contribution in [0.5, 0.6) is 5.88 Å². The average molecular weight is 476 g/mol. The van der Waals surface area contributed by atoms with Crippen LogP contribution in [0.2, 0.25) is 0 Å². The van der Waals surface area contributed by atoms with Gasteiger partial charge in [0.05, 0.1) is 13.2 Å². The zero-order valence-corrected chi connectivity index (χ0v) is 18.5. The number of hydrogen-bond acceptors (Lipinski definition) is 4. The molecule has 1 saturated carbocycles. The highest BCUT2D eigenvalue weighted by atomic mass is 127. The van der Waals surface area contributed by atoms with Gasteiger partial charge in [-0.15, -0.1) is 24.0 Å². The van der Waals surface area contributed by atoms with Gasteiger partial charge in [0, 0.05) is 39.1 Å². The summed E-state index contributed by atoms with van der Waals surface area (Å²) in [7, 11) is 1.77. The summed E-state index contributed by atoms with van der Waals surface area (Å²) in [6.45, 7) is 7.88. The maximum atomic E-state index is 5.45. The van der Waals surface area contributed by atoms with E-state index < -0.39 is 0 Å². The molecule has 0 spiro atoms. The molecule has 0 atom stereocenters. The van der Waals surface area contributed by atoms with Gasteiger partial charge in [0.1, 0.15) is 0 Å². The number of ether oxygens (including phenoxy) is 2. The first-order chi connectivity index (χ1) is 12.2. The zero-order valence-electron chi connectivity index (χ0n) is 16.2. The van der Waals surface area contributed by atoms with Crippen LogP contribution >= 0.6 is 24.0 Å². The van der Waals surface area contributed by atoms with E-state index in [-0.39, 0.29) is 24.0 Å². The molecule has 2 rings (SSSR count). The minimum Gasteiger partial charge on any atom is -0.478 e. The van der Waals surface area contributed by atoms with Crippen molar-refractivity contribution in [3.63, 3.8) is 0 Å². The van der Waals surface area contributed by atoms with E-state index in [1.165, 1.54) is 19.3 Å². The molecule has 0 radical (unpaired) electrons. The fraction of sp³-hybridized carbons (Fsp3) is 0.684. The van der Waals surface area contributed by atoms with E-state index in [2.05, 4.69) is 22.5 Å². The molecule has 0 unspecified atom stereocenters. The molecule has 1 heterocycles. The first kappa shape index (κ1) is 23.0. The number of nitrogens with zero attached hydrogens (tertiary/aromatic N) is 2. The topological polar surface area (TPSA) is 67.8 Å². The second-order valence-corrected chi connectivity index (χ2v) is 6.58. The molecule has 0 amide bonds. The van der Waals surface area contributed by atoms with Crippen molar-refractivity contribution in [3.05, 3.63) is 23.9 Å². The largest absolute Gasteiger partial charge is 0.478 e. The molecule has 0 aromatic carbocycles. The Morgan fingerprint density at radius 2 is 2.12 bits per heavy atom. The first-order valence-corrected chi connectivity index (χ1v) is 9.30. The van der Waals surface area contributed by atoms with Crippen molar-refractivity contribution >= 4 is 29.9 Å². The lowest BCUT2D eigenvalue weighted by molar-refractivity contribution is 0.0732. The molecule has 0 aliphatic heterocycles. The Labute approximate surface area is 174 Å². The van der Waals surface area contributed by atoms with Gasteiger partial charge in [-0.1, -0.05) is 6.42 Å². The fourth-order valence-electron chi connectivity index (χ4n) is 3.07. The van der Waals surface area contributed by atoms with Crippen molar-refractivity contribution < 1.29 is 9.47 Å². The highest BCUT2D eigenvalue weighted by molar-refractivity contribution is 14.0. The summed E-state index contributed by atoms with van der Waals surface area (Å²) in [4.78, 5) is 8.90. The summed E-state index contributed by atoms with van der Waals surface area (Å²) in [6.07, 6.45) is 6.73. The van der Waals surface area contributed by atoms with E-state index >= 15 is 0 Å². The highest BCUT2D eigenvalue weighted by Gasteiger charge is 2.36. The van der Waals surface area contributed by atoms with Crippen LogP contribution in [0.25, 0.3) is 0 Å². The van der Waals surface area contributed by atoms with Gasteiger partial charge < -0.3 is 20.1 Å². The minimum atomic E-state index is 0. The summed E-state index contributed by atoms with van der Waals surface area (Å²) in [5.74, 6) is 1.52. The maximum Gasteiger partial charge on any atom is 0.213 e. The summed E-state index contributed by atoms with van der Waals surface area (Å²) < 4.78 is 10.7. The van der Waals surface area contributed by atoms with Gasteiger partial charge in [0.15, 0.2) is 5.96 Å². The monoisotopic (exact) mass is 476 g/mol. The number of methoxy groups -OCH3 is 1. The number of guanidine groups is 1. The molecule has 1 aromatic heterocycles. The quantitative estimate of drug-likeness (QED) is 0.308. The number of rotatable bonds is 10. The second-order valence-electron chi connectivity index (χ2n) is 6.58. The van der Waals surface area contributed by atoms with E-state index in [9.17, 15) is 0 Å². The molecule has 1 aliphatic rings. The van der Waals surface area contributed by atoms with Crippen molar-refractivity contribution in [1.82, 2.24) is 15.6 Å². The Hall–Kier alpha value is -1.09. The molecule has 1 aliphatic carbocycles. The average Bonchev–Trinajstić information content (AvgIpc) is 2.59. The van der Waals surface area contributed by atoms with E-state index in [0.717, 1.165) is 37.6 Å². The number of pyridine rings is 1. The van der Waals surface area contributed by atoms with Gasteiger partial charge in [-0.25, -0.2) is 9.98 Å². The van der Waals surface area contributed by atoms with Crippen LogP contribution in [0.3, 0.4) is 0 Å². The van der Waals surface area contributed by atoms with Crippen LogP contribution in [0.4, 0.5) is 0 Å². The predicted molar refractivity (Wildman–Crippen MR) is 116 cm³/mol. The Kier molecular flexibility index (Phi) is 10.9. The van der Waals surface area contributed by atoms with Crippen LogP contribution in [0.15, 0.2) is 23.3 Å². The molecule has 26 heavy (non-hydrogen) atoms. The summed E-state index contributed by atoms with van der Waals surface area (Å²) in [5.41, 5.74) is 1.46. The maximum absolute atomic E-state index is 5.45. The third-order valence-electron chi connectivity index (χ3n) is 4.74. The van der Waals surface area contributed by atoms with Gasteiger partial charge in [-0.2, -0.15) is 0 Å². The molecule has 7 heteroatoms. The summed E-state index contributed by atoms with van der Waals surface area (Å²) >= 11 is 0. The molecule has 1 fully saturated rings. The van der Waals surface area contributed by atoms with Crippen LogP contribution in [-0.4, -0.2) is 44.4 Å². The Balaban J connectivity index is 0.00000338. The lowest BCUT2D eigenvalue weighted by Gasteiger charge is -2.42. The van der Waals surface area contributed by atoms with Crippen molar-refractivity contribution in [3.8, 4) is 5.88 Å². The van der Waals surface area contributed by atoms with Gasteiger partial charge in [0.2, 0.25) is 5.88 Å². The molecule has 6 nitrogen and oxygen atoms in total. The van der Waals surface area contributed by atoms with Gasteiger partial charge in [-0.05, 0) is 50.2 Å². The highest BCUT2D eigenvalue weighted by Crippen LogP contribution is 2.43. The molecule has 2 N–H and O–H groups in total. The number of aromatic nitrogens is 1. The van der Waals surface area contributed by atoms with Crippen LogP contribution in [0, 0.1) is 5.41 Å². The summed E-state index contributed by atoms with van der Waals surface area (Å²) in [6, 6.07) is 3.92. The number of aliphatic imine (C=N–C) groups is 1. The van der Waals surface area contributed by atoms with Crippen LogP contribution in [0.1, 0.15) is 45.1 Å². The van der Waals surface area contributed by atoms with Crippen molar-refractivity contribution in [2.75, 3.05) is 33.4 Å². The Bertz CT molecular complexity index is 550. The van der Waals surface area contributed by atoms with Crippen LogP contribution in [-0.2, 0) is 11.3 Å². The number of hydrogen-bond donors (Lipinski definition) is 2. The van der Waals surface area contributed by atoms with E-state index in [1.54, 1.807) is 13.3 Å². The lowest BCUT2D eigenvalue weighted by Crippen LogP contribution is -2.46.